The van der Waals surface area contributed by atoms with Crippen molar-refractivity contribution in [3.8, 4) is 5.75 Å². The van der Waals surface area contributed by atoms with Crippen LogP contribution in [0.2, 0.25) is 0 Å². The monoisotopic (exact) mass is 471 g/mol. The molecule has 33 heavy (non-hydrogen) atoms. The third kappa shape index (κ3) is 4.89. The van der Waals surface area contributed by atoms with Crippen molar-refractivity contribution in [2.24, 2.45) is 5.92 Å². The Kier molecular flexibility index (Phi) is 6.45. The fourth-order valence-corrected chi connectivity index (χ4v) is 5.97. The van der Waals surface area contributed by atoms with Gasteiger partial charge in [-0.2, -0.15) is 4.31 Å². The molecule has 0 saturated carbocycles. The van der Waals surface area contributed by atoms with E-state index >= 15 is 0 Å². The zero-order valence-corrected chi connectivity index (χ0v) is 19.9. The molecule has 8 nitrogen and oxygen atoms in total. The van der Waals surface area contributed by atoms with E-state index in [4.69, 9.17) is 4.74 Å². The molecule has 0 bridgehead atoms. The van der Waals surface area contributed by atoms with Gasteiger partial charge >= 0.3 is 0 Å². The molecule has 4 rings (SSSR count). The fourth-order valence-electron chi connectivity index (χ4n) is 4.27. The number of carbonyl (C=O) groups is 2. The van der Waals surface area contributed by atoms with Crippen molar-refractivity contribution in [1.29, 1.82) is 0 Å². The number of ether oxygens (including phenoxy) is 1. The predicted molar refractivity (Wildman–Crippen MR) is 124 cm³/mol. The first-order valence-corrected chi connectivity index (χ1v) is 12.5. The Bertz CT molecular complexity index is 1190. The van der Waals surface area contributed by atoms with Crippen molar-refractivity contribution < 1.29 is 22.7 Å². The Morgan fingerprint density at radius 1 is 1.18 bits per heavy atom. The van der Waals surface area contributed by atoms with E-state index in [1.165, 1.54) is 10.4 Å². The van der Waals surface area contributed by atoms with Crippen molar-refractivity contribution in [3.63, 3.8) is 0 Å². The molecule has 0 spiro atoms. The molecule has 0 radical (unpaired) electrons. The van der Waals surface area contributed by atoms with Crippen LogP contribution in [0.15, 0.2) is 41.3 Å². The van der Waals surface area contributed by atoms with Crippen molar-refractivity contribution in [2.75, 3.05) is 18.4 Å². The van der Waals surface area contributed by atoms with Crippen LogP contribution < -0.4 is 15.4 Å². The van der Waals surface area contributed by atoms with Gasteiger partial charge in [0.15, 0.2) is 6.10 Å². The highest BCUT2D eigenvalue weighted by atomic mass is 32.2. The number of sulfonamides is 1. The zero-order chi connectivity index (χ0) is 23.8. The molecule has 0 aliphatic carbocycles. The number of hydrogen-bond donors (Lipinski definition) is 2. The maximum Gasteiger partial charge on any atom is 0.265 e. The largest absolute Gasteiger partial charge is 0.479 e. The first-order valence-electron chi connectivity index (χ1n) is 11.1. The number of nitrogens with zero attached hydrogens (tertiary/aromatic N) is 1. The summed E-state index contributed by atoms with van der Waals surface area (Å²) in [6, 6.07) is 11.1. The second kappa shape index (κ2) is 9.15. The molecule has 2 aliphatic rings. The molecule has 2 aliphatic heterocycles. The predicted octanol–water partition coefficient (Wildman–Crippen LogP) is 2.74. The quantitative estimate of drug-likeness (QED) is 0.698. The lowest BCUT2D eigenvalue weighted by molar-refractivity contribution is -0.126. The van der Waals surface area contributed by atoms with Gasteiger partial charge < -0.3 is 15.4 Å². The molecule has 2 aromatic carbocycles. The maximum atomic E-state index is 13.3. The topological polar surface area (TPSA) is 105 Å². The van der Waals surface area contributed by atoms with Gasteiger partial charge in [0, 0.05) is 31.6 Å². The first kappa shape index (κ1) is 23.3. The summed E-state index contributed by atoms with van der Waals surface area (Å²) in [7, 11) is -3.76. The van der Waals surface area contributed by atoms with Crippen LogP contribution in [0.1, 0.15) is 36.5 Å². The third-order valence-electron chi connectivity index (χ3n) is 6.20. The third-order valence-corrected chi connectivity index (χ3v) is 8.24. The number of fused-ring (bicyclic) bond motifs is 1. The van der Waals surface area contributed by atoms with Crippen molar-refractivity contribution in [2.45, 2.75) is 51.2 Å². The van der Waals surface area contributed by atoms with E-state index in [0.717, 1.165) is 11.1 Å². The zero-order valence-electron chi connectivity index (χ0n) is 19.1. The van der Waals surface area contributed by atoms with Gasteiger partial charge in [-0.3, -0.25) is 9.59 Å². The van der Waals surface area contributed by atoms with Crippen molar-refractivity contribution in [3.05, 3.63) is 53.1 Å². The molecule has 2 heterocycles. The maximum absolute atomic E-state index is 13.3. The van der Waals surface area contributed by atoms with E-state index in [9.17, 15) is 18.0 Å². The van der Waals surface area contributed by atoms with E-state index in [1.807, 2.05) is 31.2 Å². The minimum Gasteiger partial charge on any atom is -0.479 e. The summed E-state index contributed by atoms with van der Waals surface area (Å²) >= 11 is 0. The number of amides is 2. The molecule has 1 unspecified atom stereocenters. The Hall–Kier alpha value is -2.91. The summed E-state index contributed by atoms with van der Waals surface area (Å²) in [5.74, 6) is -0.182. The number of carbonyl (C=O) groups excluding carboxylic acids is 2. The van der Waals surface area contributed by atoms with Gasteiger partial charge in [-0.25, -0.2) is 8.42 Å². The Morgan fingerprint density at radius 3 is 2.61 bits per heavy atom. The lowest BCUT2D eigenvalue weighted by Gasteiger charge is -2.31. The number of anilines is 1. The molecule has 2 N–H and O–H groups in total. The number of rotatable bonds is 5. The average Bonchev–Trinajstić information content (AvgIpc) is 2.78. The van der Waals surface area contributed by atoms with Crippen LogP contribution in [-0.4, -0.2) is 43.7 Å². The highest BCUT2D eigenvalue weighted by molar-refractivity contribution is 7.89. The van der Waals surface area contributed by atoms with Crippen LogP contribution in [0.4, 0.5) is 5.69 Å². The molecule has 1 atom stereocenters. The van der Waals surface area contributed by atoms with Gasteiger partial charge in [-0.05, 0) is 50.8 Å². The van der Waals surface area contributed by atoms with Crippen molar-refractivity contribution >= 4 is 27.5 Å². The molecule has 1 fully saturated rings. The lowest BCUT2D eigenvalue weighted by atomic mass is 9.97. The van der Waals surface area contributed by atoms with Gasteiger partial charge in [0.25, 0.3) is 5.91 Å². The number of nitrogens with one attached hydrogen (secondary N) is 2. The minimum atomic E-state index is -3.76. The molecular formula is C24H29N3O5S. The average molecular weight is 472 g/mol. The number of aryl methyl sites for hydroxylation is 2. The van der Waals surface area contributed by atoms with E-state index in [-0.39, 0.29) is 35.7 Å². The summed E-state index contributed by atoms with van der Waals surface area (Å²) in [5, 5.41) is 5.71. The van der Waals surface area contributed by atoms with Crippen molar-refractivity contribution in [1.82, 2.24) is 9.62 Å². The van der Waals surface area contributed by atoms with Crippen LogP contribution in [0.25, 0.3) is 0 Å². The summed E-state index contributed by atoms with van der Waals surface area (Å²) in [4.78, 5) is 24.6. The van der Waals surface area contributed by atoms with Crippen LogP contribution in [0, 0.1) is 19.8 Å². The fraction of sp³-hybridized carbons (Fsp3) is 0.417. The normalized spacial score (nSPS) is 19.4. The van der Waals surface area contributed by atoms with Gasteiger partial charge in [0.1, 0.15) is 5.75 Å². The standard InChI is InChI=1S/C24H29N3O5S/c1-15-5-4-6-18(11-15)14-25-24(29)19-7-9-27(10-8-19)33(30,31)22-13-21-20(12-16(22)2)26-23(28)17(3)32-21/h4-6,11-13,17,19H,7-10,14H2,1-3H3,(H,25,29)(H,26,28). The van der Waals surface area contributed by atoms with Crippen LogP contribution in [-0.2, 0) is 26.2 Å². The minimum absolute atomic E-state index is 0.0448. The molecule has 9 heteroatoms. The molecule has 0 aromatic heterocycles. The van der Waals surface area contributed by atoms with E-state index in [2.05, 4.69) is 10.6 Å². The van der Waals surface area contributed by atoms with E-state index < -0.39 is 16.1 Å². The van der Waals surface area contributed by atoms with Gasteiger partial charge in [0.2, 0.25) is 15.9 Å². The Labute approximate surface area is 194 Å². The Balaban J connectivity index is 1.40. The second-order valence-electron chi connectivity index (χ2n) is 8.75. The van der Waals surface area contributed by atoms with Gasteiger partial charge in [-0.15, -0.1) is 0 Å². The van der Waals surface area contributed by atoms with Crippen LogP contribution in [0.5, 0.6) is 5.75 Å². The molecule has 176 valence electrons. The summed E-state index contributed by atoms with van der Waals surface area (Å²) < 4.78 is 33.7. The first-order chi connectivity index (χ1) is 15.6. The Morgan fingerprint density at radius 2 is 1.91 bits per heavy atom. The summed E-state index contributed by atoms with van der Waals surface area (Å²) in [6.45, 7) is 6.32. The molecule has 2 amide bonds. The highest BCUT2D eigenvalue weighted by Gasteiger charge is 2.34. The van der Waals surface area contributed by atoms with E-state index in [1.54, 1.807) is 19.9 Å². The lowest BCUT2D eigenvalue weighted by Crippen LogP contribution is -2.43. The van der Waals surface area contributed by atoms with Gasteiger partial charge in [0.05, 0.1) is 10.6 Å². The number of hydrogen-bond acceptors (Lipinski definition) is 5. The summed E-state index contributed by atoms with van der Waals surface area (Å²) in [5.41, 5.74) is 3.18. The number of benzene rings is 2. The van der Waals surface area contributed by atoms with Crippen LogP contribution >= 0.6 is 0 Å². The summed E-state index contributed by atoms with van der Waals surface area (Å²) in [6.07, 6.45) is 0.240. The molecule has 2 aromatic rings. The highest BCUT2D eigenvalue weighted by Crippen LogP contribution is 2.36. The smallest absolute Gasteiger partial charge is 0.265 e. The van der Waals surface area contributed by atoms with Crippen LogP contribution in [0.3, 0.4) is 0 Å². The molecule has 1 saturated heterocycles. The second-order valence-corrected chi connectivity index (χ2v) is 10.7. The van der Waals surface area contributed by atoms with E-state index in [0.29, 0.717) is 36.4 Å². The molecular weight excluding hydrogens is 442 g/mol. The SMILES string of the molecule is Cc1cccc(CNC(=O)C2CCN(S(=O)(=O)c3cc4c(cc3C)NC(=O)C(C)O4)CC2)c1. The number of piperidine rings is 1. The van der Waals surface area contributed by atoms with Gasteiger partial charge in [-0.1, -0.05) is 29.8 Å².